The van der Waals surface area contributed by atoms with Crippen molar-refractivity contribution in [3.63, 3.8) is 0 Å². The van der Waals surface area contributed by atoms with Crippen LogP contribution < -0.4 is 0 Å². The Morgan fingerprint density at radius 1 is 1.20 bits per heavy atom. The molecule has 0 heterocycles. The first-order valence-electron chi connectivity index (χ1n) is 0.228. The predicted molar refractivity (Wildman–Crippen MR) is 28.0 cm³/mol. The minimum absolute atomic E-state index is 0. The molecule has 0 aromatic carbocycles. The van der Waals surface area contributed by atoms with Gasteiger partial charge in [0.15, 0.2) is 0 Å². The summed E-state index contributed by atoms with van der Waals surface area (Å²) in [7, 11) is 1.75. The van der Waals surface area contributed by atoms with Crippen LogP contribution in [0.15, 0.2) is 0 Å². The van der Waals surface area contributed by atoms with E-state index in [1.807, 2.05) is 0 Å². The van der Waals surface area contributed by atoms with Gasteiger partial charge in [-0.25, -0.2) is 0 Å². The molecular formula is Cu2FeI2. The fourth-order valence-corrected chi connectivity index (χ4v) is 0. The Labute approximate surface area is 81.6 Å². The van der Waals surface area contributed by atoms with Crippen molar-refractivity contribution in [3.05, 3.63) is 0 Å². The van der Waals surface area contributed by atoms with Crippen molar-refractivity contribution in [3.8, 4) is 0 Å². The molecule has 0 atom stereocenters. The van der Waals surface area contributed by atoms with E-state index in [-0.39, 0.29) is 34.1 Å². The van der Waals surface area contributed by atoms with Crippen LogP contribution in [0.4, 0.5) is 0 Å². The van der Waals surface area contributed by atoms with Gasteiger partial charge in [-0.15, -0.1) is 0 Å². The zero-order chi connectivity index (χ0) is 2.71. The summed E-state index contributed by atoms with van der Waals surface area (Å²) >= 11 is 4.36. The van der Waals surface area contributed by atoms with Gasteiger partial charge >= 0.3 is 49.1 Å². The van der Waals surface area contributed by atoms with Crippen molar-refractivity contribution in [2.45, 2.75) is 0 Å². The normalized spacial score (nSPS) is 4.40. The Bertz CT molecular complexity index is 7.61. The third kappa shape index (κ3) is 19.4. The second-order valence-corrected chi connectivity index (χ2v) is 7.99. The molecule has 0 N–H and O–H groups in total. The molecule has 0 aliphatic rings. The van der Waals surface area contributed by atoms with Gasteiger partial charge in [0.2, 0.25) is 0 Å². The van der Waals surface area contributed by atoms with E-state index in [4.69, 9.17) is 0 Å². The molecule has 0 nitrogen and oxygen atoms in total. The minimum atomic E-state index is 0. The Hall–Kier alpha value is 3.02. The van der Waals surface area contributed by atoms with Crippen molar-refractivity contribution < 1.29 is 42.6 Å². The molecule has 0 saturated carbocycles. The van der Waals surface area contributed by atoms with E-state index in [2.05, 4.69) is 40.7 Å². The van der Waals surface area contributed by atoms with Gasteiger partial charge in [0.05, 0.1) is 0 Å². The van der Waals surface area contributed by atoms with Gasteiger partial charge in [0, 0.05) is 34.1 Å². The van der Waals surface area contributed by atoms with Gasteiger partial charge < -0.3 is 0 Å². The van der Waals surface area contributed by atoms with Crippen LogP contribution >= 0.6 is 40.7 Å². The molecular weight excluding hydrogens is 437 g/mol. The zero-order valence-electron chi connectivity index (χ0n) is 1.71. The number of hydrogen-bond donors (Lipinski definition) is 0. The predicted octanol–water partition coefficient (Wildman–Crippen LogP) is 1.76. The van der Waals surface area contributed by atoms with Gasteiger partial charge in [0.25, 0.3) is 0 Å². The third-order valence-corrected chi connectivity index (χ3v) is 0. The summed E-state index contributed by atoms with van der Waals surface area (Å²) in [5, 5.41) is 0. The van der Waals surface area contributed by atoms with E-state index in [1.54, 1.807) is 8.46 Å². The first-order chi connectivity index (χ1) is 1.41. The molecule has 0 fully saturated rings. The van der Waals surface area contributed by atoms with E-state index < -0.39 is 0 Å². The van der Waals surface area contributed by atoms with Crippen molar-refractivity contribution in [2.24, 2.45) is 0 Å². The van der Waals surface area contributed by atoms with Gasteiger partial charge in [0.1, 0.15) is 0 Å². The molecule has 0 saturated heterocycles. The van der Waals surface area contributed by atoms with Crippen molar-refractivity contribution in [2.75, 3.05) is 0 Å². The van der Waals surface area contributed by atoms with E-state index in [0.717, 1.165) is 0 Å². The molecule has 0 bridgehead atoms. The Balaban J connectivity index is -0.0000000200. The summed E-state index contributed by atoms with van der Waals surface area (Å²) in [4.78, 5) is 0. The van der Waals surface area contributed by atoms with Crippen LogP contribution in [-0.2, 0) is 42.6 Å². The fraction of sp³-hybridized carbons (Fsp3) is 0. The standard InChI is InChI=1S/2Cu.Fe.2HI/h;;;2*1H/q;+2;;;/p-2. The van der Waals surface area contributed by atoms with Crippen LogP contribution in [0.2, 0.25) is 0 Å². The fourth-order valence-electron chi connectivity index (χ4n) is 0. The van der Waals surface area contributed by atoms with Gasteiger partial charge in [-0.3, -0.25) is 0 Å². The van der Waals surface area contributed by atoms with Crippen LogP contribution in [0.25, 0.3) is 0 Å². The molecule has 44 valence electrons. The van der Waals surface area contributed by atoms with Crippen LogP contribution in [0.5, 0.6) is 0 Å². The molecule has 5 heteroatoms. The monoisotopic (exact) mass is 436 g/mol. The molecule has 5 heavy (non-hydrogen) atoms. The molecule has 0 aliphatic carbocycles. The second-order valence-electron chi connectivity index (χ2n) is 0.0431. The number of halogens is 2. The van der Waals surface area contributed by atoms with Crippen LogP contribution in [0.1, 0.15) is 0 Å². The maximum atomic E-state index is 2.18. The summed E-state index contributed by atoms with van der Waals surface area (Å²) in [5.41, 5.74) is 0. The van der Waals surface area contributed by atoms with E-state index in [1.165, 1.54) is 0 Å². The molecule has 0 unspecified atom stereocenters. The Morgan fingerprint density at radius 3 is 1.20 bits per heavy atom. The quantitative estimate of drug-likeness (QED) is 0.401. The zero-order valence-corrected chi connectivity index (χ0v) is 9.01. The summed E-state index contributed by atoms with van der Waals surface area (Å²) in [5.74, 6) is 0. The Morgan fingerprint density at radius 2 is 1.20 bits per heavy atom. The van der Waals surface area contributed by atoms with Crippen LogP contribution in [0, 0.1) is 0 Å². The average Bonchev–Trinajstić information content (AvgIpc) is 0.918. The van der Waals surface area contributed by atoms with Crippen molar-refractivity contribution in [1.29, 1.82) is 0 Å². The average molecular weight is 437 g/mol. The Kier molecular flexibility index (Phi) is 49.4. The summed E-state index contributed by atoms with van der Waals surface area (Å²) in [6.45, 7) is 0. The van der Waals surface area contributed by atoms with E-state index in [9.17, 15) is 0 Å². The van der Waals surface area contributed by atoms with Gasteiger partial charge in [-0.2, -0.15) is 0 Å². The summed E-state index contributed by atoms with van der Waals surface area (Å²) in [6, 6.07) is 0. The third-order valence-electron chi connectivity index (χ3n) is 0. The number of hydrogen-bond acceptors (Lipinski definition) is 0. The molecule has 0 rings (SSSR count). The second kappa shape index (κ2) is 15.7. The van der Waals surface area contributed by atoms with E-state index >= 15 is 0 Å². The van der Waals surface area contributed by atoms with E-state index in [0.29, 0.717) is 0 Å². The van der Waals surface area contributed by atoms with Crippen LogP contribution in [0.3, 0.4) is 0 Å². The molecule has 0 amide bonds. The first-order valence-corrected chi connectivity index (χ1v) is 6.30. The van der Waals surface area contributed by atoms with Crippen LogP contribution in [-0.4, -0.2) is 0 Å². The first kappa shape index (κ1) is 15.7. The number of rotatable bonds is 0. The summed E-state index contributed by atoms with van der Waals surface area (Å²) < 4.78 is 0. The van der Waals surface area contributed by atoms with Gasteiger partial charge in [-0.05, 0) is 0 Å². The van der Waals surface area contributed by atoms with Crippen molar-refractivity contribution >= 4 is 40.7 Å². The summed E-state index contributed by atoms with van der Waals surface area (Å²) in [6.07, 6.45) is 0. The molecule has 0 aromatic heterocycles. The molecule has 0 aromatic rings. The van der Waals surface area contributed by atoms with Gasteiger partial charge in [-0.1, -0.05) is 0 Å². The molecule has 0 aliphatic heterocycles. The molecule has 0 spiro atoms. The molecule has 1 radical (unpaired) electrons. The maximum absolute atomic E-state index is 2.18. The topological polar surface area (TPSA) is 0 Å². The SMILES string of the molecule is [Cu].[Fe].[I][Cu][I]. The van der Waals surface area contributed by atoms with Crippen molar-refractivity contribution in [1.82, 2.24) is 0 Å².